The summed E-state index contributed by atoms with van der Waals surface area (Å²) in [7, 11) is -3.59. The van der Waals surface area contributed by atoms with Crippen molar-refractivity contribution in [1.82, 2.24) is 9.62 Å². The van der Waals surface area contributed by atoms with Crippen molar-refractivity contribution in [3.63, 3.8) is 0 Å². The lowest BCUT2D eigenvalue weighted by molar-refractivity contribution is -0.127. The number of nitrogens with zero attached hydrogens (tertiary/aromatic N) is 1. The Kier molecular flexibility index (Phi) is 6.59. The first-order valence-corrected chi connectivity index (χ1v) is 11.3. The van der Waals surface area contributed by atoms with Crippen molar-refractivity contribution in [3.8, 4) is 5.75 Å². The quantitative estimate of drug-likeness (QED) is 0.753. The number of ether oxygens (including phenoxy) is 1. The highest BCUT2D eigenvalue weighted by Crippen LogP contribution is 2.26. The third kappa shape index (κ3) is 5.16. The van der Waals surface area contributed by atoms with Crippen molar-refractivity contribution in [2.45, 2.75) is 44.7 Å². The second-order valence-corrected chi connectivity index (χ2v) is 9.67. The van der Waals surface area contributed by atoms with Crippen LogP contribution in [0.5, 0.6) is 5.75 Å². The van der Waals surface area contributed by atoms with Gasteiger partial charge in [0.15, 0.2) is 6.10 Å². The van der Waals surface area contributed by atoms with E-state index in [0.717, 1.165) is 5.56 Å². The van der Waals surface area contributed by atoms with Crippen LogP contribution in [-0.4, -0.2) is 37.8 Å². The molecule has 0 saturated heterocycles. The molecule has 2 aromatic carbocycles. The van der Waals surface area contributed by atoms with Crippen LogP contribution in [0.4, 0.5) is 0 Å². The summed E-state index contributed by atoms with van der Waals surface area (Å²) >= 11 is 0. The van der Waals surface area contributed by atoms with Gasteiger partial charge in [-0.15, -0.1) is 0 Å². The standard InChI is InChI=1S/C22H28N2O4S/c1-16(2)14-23-22(25)17(3)28-20-8-10-21(11-9-20)29(26,27)24-13-12-18-6-4-5-7-19(18)15-24/h4-11,16-17H,12-15H2,1-3H3,(H,23,25)/t17-/m1/s1. The lowest BCUT2D eigenvalue weighted by Gasteiger charge is -2.28. The van der Waals surface area contributed by atoms with Gasteiger partial charge in [0, 0.05) is 19.6 Å². The Labute approximate surface area is 172 Å². The second-order valence-electron chi connectivity index (χ2n) is 7.73. The number of nitrogens with one attached hydrogen (secondary N) is 1. The first-order chi connectivity index (χ1) is 13.8. The molecule has 7 heteroatoms. The smallest absolute Gasteiger partial charge is 0.260 e. The molecule has 1 atom stereocenters. The molecule has 0 radical (unpaired) electrons. The van der Waals surface area contributed by atoms with Crippen molar-refractivity contribution >= 4 is 15.9 Å². The summed E-state index contributed by atoms with van der Waals surface area (Å²) in [5.74, 6) is 0.625. The van der Waals surface area contributed by atoms with Gasteiger partial charge in [0.05, 0.1) is 4.90 Å². The maximum absolute atomic E-state index is 13.0. The minimum Gasteiger partial charge on any atom is -0.481 e. The maximum Gasteiger partial charge on any atom is 0.260 e. The van der Waals surface area contributed by atoms with Gasteiger partial charge in [-0.2, -0.15) is 4.31 Å². The van der Waals surface area contributed by atoms with Gasteiger partial charge in [-0.25, -0.2) is 8.42 Å². The van der Waals surface area contributed by atoms with Gasteiger partial charge < -0.3 is 10.1 Å². The van der Waals surface area contributed by atoms with Crippen LogP contribution in [0.3, 0.4) is 0 Å². The highest BCUT2D eigenvalue weighted by atomic mass is 32.2. The average molecular weight is 417 g/mol. The van der Waals surface area contributed by atoms with Crippen molar-refractivity contribution < 1.29 is 17.9 Å². The molecule has 0 fully saturated rings. The van der Waals surface area contributed by atoms with Crippen molar-refractivity contribution in [2.24, 2.45) is 5.92 Å². The summed E-state index contributed by atoms with van der Waals surface area (Å²) in [6, 6.07) is 14.2. The van der Waals surface area contributed by atoms with Gasteiger partial charge in [-0.05, 0) is 54.7 Å². The number of carbonyl (C=O) groups excluding carboxylic acids is 1. The number of carbonyl (C=O) groups is 1. The monoisotopic (exact) mass is 416 g/mol. The summed E-state index contributed by atoms with van der Waals surface area (Å²) in [5, 5.41) is 2.82. The SMILES string of the molecule is CC(C)CNC(=O)[C@@H](C)Oc1ccc(S(=O)(=O)N2CCc3ccccc3C2)cc1. The largest absolute Gasteiger partial charge is 0.481 e. The summed E-state index contributed by atoms with van der Waals surface area (Å²) in [5.41, 5.74) is 2.25. The van der Waals surface area contributed by atoms with Crippen molar-refractivity contribution in [2.75, 3.05) is 13.1 Å². The van der Waals surface area contributed by atoms with E-state index in [1.165, 1.54) is 22.0 Å². The highest BCUT2D eigenvalue weighted by Gasteiger charge is 2.28. The van der Waals surface area contributed by atoms with Gasteiger partial charge >= 0.3 is 0 Å². The Balaban J connectivity index is 1.66. The van der Waals surface area contributed by atoms with Gasteiger partial charge in [0.25, 0.3) is 5.91 Å². The maximum atomic E-state index is 13.0. The molecule has 0 spiro atoms. The zero-order valence-corrected chi connectivity index (χ0v) is 17.9. The molecule has 0 bridgehead atoms. The number of amides is 1. The predicted molar refractivity (Wildman–Crippen MR) is 112 cm³/mol. The first-order valence-electron chi connectivity index (χ1n) is 9.88. The fraction of sp³-hybridized carbons (Fsp3) is 0.409. The van der Waals surface area contributed by atoms with Gasteiger partial charge in [0.2, 0.25) is 10.0 Å². The fourth-order valence-corrected chi connectivity index (χ4v) is 4.64. The molecule has 1 aliphatic heterocycles. The number of rotatable bonds is 7. The van der Waals surface area contributed by atoms with Crippen molar-refractivity contribution in [3.05, 3.63) is 59.7 Å². The number of hydrogen-bond acceptors (Lipinski definition) is 4. The van der Waals surface area contributed by atoms with Crippen LogP contribution in [0.15, 0.2) is 53.4 Å². The molecular weight excluding hydrogens is 388 g/mol. The van der Waals surface area contributed by atoms with Crippen LogP contribution in [-0.2, 0) is 27.8 Å². The fourth-order valence-electron chi connectivity index (χ4n) is 3.22. The Bertz CT molecular complexity index is 955. The molecule has 0 unspecified atom stereocenters. The molecule has 0 aromatic heterocycles. The van der Waals surface area contributed by atoms with E-state index in [0.29, 0.717) is 37.7 Å². The van der Waals surface area contributed by atoms with E-state index in [1.807, 2.05) is 38.1 Å². The van der Waals surface area contributed by atoms with E-state index in [9.17, 15) is 13.2 Å². The third-order valence-electron chi connectivity index (χ3n) is 4.92. The van der Waals surface area contributed by atoms with E-state index in [4.69, 9.17) is 4.74 Å². The summed E-state index contributed by atoms with van der Waals surface area (Å²) in [4.78, 5) is 12.3. The van der Waals surface area contributed by atoms with E-state index in [1.54, 1.807) is 19.1 Å². The summed E-state index contributed by atoms with van der Waals surface area (Å²) in [6.07, 6.45) is 0.0503. The van der Waals surface area contributed by atoms with E-state index in [2.05, 4.69) is 5.32 Å². The van der Waals surface area contributed by atoms with E-state index < -0.39 is 16.1 Å². The molecule has 29 heavy (non-hydrogen) atoms. The molecule has 0 aliphatic carbocycles. The Morgan fingerprint density at radius 3 is 2.38 bits per heavy atom. The normalized spacial score (nSPS) is 15.6. The first kappa shape index (κ1) is 21.3. The number of fused-ring (bicyclic) bond motifs is 1. The van der Waals surface area contributed by atoms with Crippen LogP contribution in [0.1, 0.15) is 31.9 Å². The van der Waals surface area contributed by atoms with Crippen LogP contribution >= 0.6 is 0 Å². The summed E-state index contributed by atoms with van der Waals surface area (Å²) in [6.45, 7) is 7.14. The van der Waals surface area contributed by atoms with E-state index >= 15 is 0 Å². The molecule has 0 saturated carbocycles. The zero-order valence-electron chi connectivity index (χ0n) is 17.1. The molecular formula is C22H28N2O4S. The third-order valence-corrected chi connectivity index (χ3v) is 6.78. The molecule has 2 aromatic rings. The zero-order chi connectivity index (χ0) is 21.0. The van der Waals surface area contributed by atoms with Gasteiger partial charge in [-0.3, -0.25) is 4.79 Å². The lowest BCUT2D eigenvalue weighted by atomic mass is 10.0. The lowest BCUT2D eigenvalue weighted by Crippen LogP contribution is -2.38. The van der Waals surface area contributed by atoms with Crippen LogP contribution < -0.4 is 10.1 Å². The van der Waals surface area contributed by atoms with E-state index in [-0.39, 0.29) is 10.8 Å². The highest BCUT2D eigenvalue weighted by molar-refractivity contribution is 7.89. The second kappa shape index (κ2) is 8.97. The molecule has 1 aliphatic rings. The number of benzene rings is 2. The predicted octanol–water partition coefficient (Wildman–Crippen LogP) is 2.97. The van der Waals surface area contributed by atoms with Crippen LogP contribution in [0.25, 0.3) is 0 Å². The van der Waals surface area contributed by atoms with Gasteiger partial charge in [0.1, 0.15) is 5.75 Å². The Morgan fingerprint density at radius 1 is 1.07 bits per heavy atom. The van der Waals surface area contributed by atoms with Crippen LogP contribution in [0.2, 0.25) is 0 Å². The molecule has 1 heterocycles. The van der Waals surface area contributed by atoms with Crippen molar-refractivity contribution in [1.29, 1.82) is 0 Å². The molecule has 3 rings (SSSR count). The molecule has 1 amide bonds. The molecule has 156 valence electrons. The van der Waals surface area contributed by atoms with Gasteiger partial charge in [-0.1, -0.05) is 38.1 Å². The number of hydrogen-bond donors (Lipinski definition) is 1. The van der Waals surface area contributed by atoms with Crippen LogP contribution in [0, 0.1) is 5.92 Å². The topological polar surface area (TPSA) is 75.7 Å². The Hall–Kier alpha value is -2.38. The average Bonchev–Trinajstić information content (AvgIpc) is 2.71. The number of sulfonamides is 1. The molecule has 1 N–H and O–H groups in total. The molecule has 6 nitrogen and oxygen atoms in total. The minimum absolute atomic E-state index is 0.192. The Morgan fingerprint density at radius 2 is 1.72 bits per heavy atom. The minimum atomic E-state index is -3.59. The summed E-state index contributed by atoms with van der Waals surface area (Å²) < 4.78 is 33.2.